The summed E-state index contributed by atoms with van der Waals surface area (Å²) in [7, 11) is 1.38. The van der Waals surface area contributed by atoms with E-state index in [0.29, 0.717) is 10.8 Å². The van der Waals surface area contributed by atoms with Crippen LogP contribution in [-0.4, -0.2) is 58.2 Å². The Kier molecular flexibility index (Phi) is 4.86. The Morgan fingerprint density at radius 3 is 2.75 bits per heavy atom. The van der Waals surface area contributed by atoms with Crippen molar-refractivity contribution < 1.29 is 33.7 Å². The molecule has 28 heavy (non-hydrogen) atoms. The third-order valence-corrected chi connectivity index (χ3v) is 5.00. The van der Waals surface area contributed by atoms with Gasteiger partial charge in [0.25, 0.3) is 11.8 Å². The number of pyridine rings is 1. The number of nitrogens with zero attached hydrogens (tertiary/aromatic N) is 1. The normalized spacial score (nSPS) is 26.9. The summed E-state index contributed by atoms with van der Waals surface area (Å²) in [5.74, 6) is -5.10. The lowest BCUT2D eigenvalue weighted by atomic mass is 9.88. The van der Waals surface area contributed by atoms with Gasteiger partial charge in [-0.2, -0.15) is 4.39 Å². The number of rotatable bonds is 6. The van der Waals surface area contributed by atoms with Gasteiger partial charge in [-0.1, -0.05) is 6.92 Å². The second kappa shape index (κ2) is 6.88. The molecule has 0 aliphatic carbocycles. The molecule has 0 unspecified atom stereocenters. The zero-order valence-electron chi connectivity index (χ0n) is 15.2. The fourth-order valence-electron chi connectivity index (χ4n) is 3.27. The van der Waals surface area contributed by atoms with Crippen molar-refractivity contribution in [2.45, 2.75) is 30.8 Å². The van der Waals surface area contributed by atoms with Gasteiger partial charge in [0.15, 0.2) is 5.60 Å². The van der Waals surface area contributed by atoms with E-state index in [4.69, 9.17) is 15.2 Å². The molecule has 1 aliphatic rings. The highest BCUT2D eigenvalue weighted by Gasteiger charge is 2.65. The van der Waals surface area contributed by atoms with Crippen LogP contribution in [0, 0.1) is 0 Å². The number of hydrogen-bond donors (Lipinski definition) is 4. The van der Waals surface area contributed by atoms with Crippen LogP contribution in [0.1, 0.15) is 23.7 Å². The molecule has 1 aliphatic heterocycles. The van der Waals surface area contributed by atoms with Gasteiger partial charge in [-0.05, 0) is 30.0 Å². The fraction of sp³-hybridized carbons (Fsp3) is 0.389. The molecular formula is C18H20FN3O6. The van der Waals surface area contributed by atoms with Crippen LogP contribution >= 0.6 is 0 Å². The first kappa shape index (κ1) is 19.8. The standard InChI is InChI=1S/C18H20FN3O6/c1-3-17(25)13(22-16(24)18(17,19)26)8-28-15-10-7-12(27-2)11(14(20)23)6-9(10)4-5-21-15/h4-7,13,25-26H,3,8H2,1-2H3,(H2,20,23)(H,22,24)/t13-,17-,18+/m1/s1. The molecule has 1 aromatic heterocycles. The third-order valence-electron chi connectivity index (χ3n) is 5.00. The number of ether oxygens (including phenoxy) is 2. The van der Waals surface area contributed by atoms with Crippen molar-refractivity contribution in [1.29, 1.82) is 0 Å². The van der Waals surface area contributed by atoms with Gasteiger partial charge in [0.2, 0.25) is 5.88 Å². The molecule has 0 bridgehead atoms. The molecule has 2 amide bonds. The van der Waals surface area contributed by atoms with E-state index in [0.717, 1.165) is 0 Å². The summed E-state index contributed by atoms with van der Waals surface area (Å²) < 4.78 is 25.0. The van der Waals surface area contributed by atoms with Crippen LogP contribution in [0.2, 0.25) is 0 Å². The molecule has 10 heteroatoms. The number of benzene rings is 1. The quantitative estimate of drug-likeness (QED) is 0.541. The molecule has 1 aromatic carbocycles. The fourth-order valence-corrected chi connectivity index (χ4v) is 3.27. The van der Waals surface area contributed by atoms with Crippen LogP contribution < -0.4 is 20.5 Å². The number of nitrogens with one attached hydrogen (secondary N) is 1. The number of aromatic nitrogens is 1. The molecule has 5 N–H and O–H groups in total. The zero-order chi connectivity index (χ0) is 20.7. The average Bonchev–Trinajstić information content (AvgIpc) is 2.85. The topological polar surface area (TPSA) is 144 Å². The van der Waals surface area contributed by atoms with Crippen LogP contribution in [0.5, 0.6) is 11.6 Å². The highest BCUT2D eigenvalue weighted by Crippen LogP contribution is 2.37. The third kappa shape index (κ3) is 2.90. The molecule has 0 saturated carbocycles. The van der Waals surface area contributed by atoms with Crippen molar-refractivity contribution in [1.82, 2.24) is 10.3 Å². The number of alkyl halides is 1. The second-order valence-corrected chi connectivity index (χ2v) is 6.49. The lowest BCUT2D eigenvalue weighted by Crippen LogP contribution is -2.56. The summed E-state index contributed by atoms with van der Waals surface area (Å²) in [4.78, 5) is 27.3. The Morgan fingerprint density at radius 2 is 2.14 bits per heavy atom. The Balaban J connectivity index is 1.93. The Morgan fingerprint density at radius 1 is 1.43 bits per heavy atom. The molecule has 2 aromatic rings. The van der Waals surface area contributed by atoms with E-state index >= 15 is 0 Å². The Hall–Kier alpha value is -2.98. The number of halogens is 1. The SMILES string of the molecule is CC[C@@]1(O)[C@@H](COc2nccc3cc(C(N)=O)c(OC)cc23)NC(=O)[C@@]1(O)F. The average molecular weight is 393 g/mol. The number of amides is 2. The van der Waals surface area contributed by atoms with E-state index in [9.17, 15) is 24.2 Å². The lowest BCUT2D eigenvalue weighted by molar-refractivity contribution is -0.212. The minimum atomic E-state index is -3.43. The number of fused-ring (bicyclic) bond motifs is 1. The molecule has 0 radical (unpaired) electrons. The van der Waals surface area contributed by atoms with Gasteiger partial charge >= 0.3 is 5.85 Å². The molecule has 1 saturated heterocycles. The highest BCUT2D eigenvalue weighted by atomic mass is 19.2. The maximum atomic E-state index is 14.3. The minimum Gasteiger partial charge on any atom is -0.496 e. The van der Waals surface area contributed by atoms with Gasteiger partial charge < -0.3 is 30.7 Å². The lowest BCUT2D eigenvalue weighted by Gasteiger charge is -2.32. The van der Waals surface area contributed by atoms with Crippen LogP contribution in [-0.2, 0) is 4.79 Å². The van der Waals surface area contributed by atoms with Crippen molar-refractivity contribution in [3.05, 3.63) is 30.0 Å². The largest absolute Gasteiger partial charge is 0.496 e. The number of primary amides is 1. The van der Waals surface area contributed by atoms with Gasteiger partial charge in [0.1, 0.15) is 12.4 Å². The van der Waals surface area contributed by atoms with Crippen molar-refractivity contribution in [3.8, 4) is 11.6 Å². The summed E-state index contributed by atoms with van der Waals surface area (Å²) in [5.41, 5.74) is 3.17. The number of aliphatic hydroxyl groups is 2. The van der Waals surface area contributed by atoms with Gasteiger partial charge in [0, 0.05) is 11.6 Å². The number of methoxy groups -OCH3 is 1. The smallest absolute Gasteiger partial charge is 0.317 e. The van der Waals surface area contributed by atoms with Crippen LogP contribution in [0.4, 0.5) is 4.39 Å². The van der Waals surface area contributed by atoms with E-state index in [1.54, 1.807) is 6.07 Å². The predicted molar refractivity (Wildman–Crippen MR) is 95.5 cm³/mol. The van der Waals surface area contributed by atoms with Crippen LogP contribution in [0.25, 0.3) is 10.8 Å². The van der Waals surface area contributed by atoms with Crippen LogP contribution in [0.15, 0.2) is 24.4 Å². The Labute approximate surface area is 159 Å². The minimum absolute atomic E-state index is 0.105. The maximum absolute atomic E-state index is 14.3. The van der Waals surface area contributed by atoms with E-state index in [1.165, 1.54) is 32.4 Å². The van der Waals surface area contributed by atoms with Gasteiger partial charge in [-0.15, -0.1) is 0 Å². The second-order valence-electron chi connectivity index (χ2n) is 6.49. The number of carbonyl (C=O) groups is 2. The van der Waals surface area contributed by atoms with Crippen molar-refractivity contribution in [2.24, 2.45) is 5.73 Å². The van der Waals surface area contributed by atoms with Crippen molar-refractivity contribution >= 4 is 22.6 Å². The first-order chi connectivity index (χ1) is 13.2. The van der Waals surface area contributed by atoms with Crippen LogP contribution in [0.3, 0.4) is 0 Å². The summed E-state index contributed by atoms with van der Waals surface area (Å²) >= 11 is 0. The van der Waals surface area contributed by atoms with Gasteiger partial charge in [0.05, 0.1) is 18.7 Å². The number of nitrogens with two attached hydrogens (primary N) is 1. The van der Waals surface area contributed by atoms with Crippen molar-refractivity contribution in [3.63, 3.8) is 0 Å². The molecule has 2 heterocycles. The van der Waals surface area contributed by atoms with Gasteiger partial charge in [-0.25, -0.2) is 4.98 Å². The first-order valence-electron chi connectivity index (χ1n) is 8.49. The summed E-state index contributed by atoms with van der Waals surface area (Å²) in [6, 6.07) is 3.46. The van der Waals surface area contributed by atoms with E-state index in [-0.39, 0.29) is 30.2 Å². The molecule has 3 rings (SSSR count). The highest BCUT2D eigenvalue weighted by molar-refractivity contribution is 6.01. The van der Waals surface area contributed by atoms with E-state index < -0.39 is 29.3 Å². The van der Waals surface area contributed by atoms with Gasteiger partial charge in [-0.3, -0.25) is 9.59 Å². The predicted octanol–water partition coefficient (Wildman–Crippen LogP) is 0.0187. The zero-order valence-corrected chi connectivity index (χ0v) is 15.2. The molecule has 150 valence electrons. The molecule has 3 atom stereocenters. The monoisotopic (exact) mass is 393 g/mol. The molecule has 9 nitrogen and oxygen atoms in total. The van der Waals surface area contributed by atoms with Crippen molar-refractivity contribution in [2.75, 3.05) is 13.7 Å². The molecular weight excluding hydrogens is 373 g/mol. The molecule has 0 spiro atoms. The summed E-state index contributed by atoms with van der Waals surface area (Å²) in [5, 5.41) is 23.4. The Bertz CT molecular complexity index is 950. The van der Waals surface area contributed by atoms with E-state index in [1.807, 2.05) is 0 Å². The summed E-state index contributed by atoms with van der Waals surface area (Å²) in [6.45, 7) is 1.08. The summed E-state index contributed by atoms with van der Waals surface area (Å²) in [6.07, 6.45) is 1.20. The number of hydrogen-bond acceptors (Lipinski definition) is 7. The van der Waals surface area contributed by atoms with E-state index in [2.05, 4.69) is 10.3 Å². The molecule has 1 fully saturated rings. The maximum Gasteiger partial charge on any atom is 0.317 e. The number of carbonyl (C=O) groups excluding carboxylic acids is 2. The first-order valence-corrected chi connectivity index (χ1v) is 8.49.